The predicted molar refractivity (Wildman–Crippen MR) is 103 cm³/mol. The molecule has 2 aromatic carbocycles. The van der Waals surface area contributed by atoms with Gasteiger partial charge in [-0.2, -0.15) is 9.29 Å². The monoisotopic (exact) mass is 400 g/mol. The quantitative estimate of drug-likeness (QED) is 0.650. The summed E-state index contributed by atoms with van der Waals surface area (Å²) in [6, 6.07) is 17.0. The highest BCUT2D eigenvalue weighted by Gasteiger charge is 2.30. The van der Waals surface area contributed by atoms with E-state index in [-0.39, 0.29) is 12.4 Å². The highest BCUT2D eigenvalue weighted by molar-refractivity contribution is 7.88. The topological polar surface area (TPSA) is 105 Å². The molecule has 0 aliphatic rings. The Kier molecular flexibility index (Phi) is 5.86. The lowest BCUT2D eigenvalue weighted by Gasteiger charge is -2.25. The molecule has 0 unspecified atom stereocenters. The van der Waals surface area contributed by atoms with E-state index in [1.807, 2.05) is 30.3 Å². The van der Waals surface area contributed by atoms with Gasteiger partial charge < -0.3 is 9.84 Å². The molecule has 0 spiro atoms. The van der Waals surface area contributed by atoms with Gasteiger partial charge >= 0.3 is 0 Å². The first-order valence-corrected chi connectivity index (χ1v) is 10.3. The molecular weight excluding hydrogens is 380 g/mol. The largest absolute Gasteiger partial charge is 0.345 e. The molecule has 0 saturated heterocycles. The third-order valence-electron chi connectivity index (χ3n) is 4.16. The molecule has 1 N–H and O–H groups in total. The number of benzene rings is 2. The summed E-state index contributed by atoms with van der Waals surface area (Å²) in [7, 11) is -2.22. The zero-order chi connectivity index (χ0) is 20.1. The summed E-state index contributed by atoms with van der Waals surface area (Å²) in [5.41, 5.74) is 1.35. The maximum Gasteiger partial charge on any atom is 0.246 e. The first-order valence-electron chi connectivity index (χ1n) is 8.50. The average molecular weight is 400 g/mol. The van der Waals surface area contributed by atoms with E-state index in [1.165, 1.54) is 7.05 Å². The highest BCUT2D eigenvalue weighted by Crippen LogP contribution is 2.22. The van der Waals surface area contributed by atoms with Crippen LogP contribution in [0.3, 0.4) is 0 Å². The lowest BCUT2D eigenvalue weighted by molar-refractivity contribution is -0.125. The van der Waals surface area contributed by atoms with Gasteiger partial charge in [0.1, 0.15) is 6.04 Å². The van der Waals surface area contributed by atoms with Crippen molar-refractivity contribution in [3.63, 3.8) is 0 Å². The van der Waals surface area contributed by atoms with Crippen LogP contribution >= 0.6 is 0 Å². The van der Waals surface area contributed by atoms with Crippen LogP contribution in [-0.2, 0) is 21.4 Å². The van der Waals surface area contributed by atoms with Crippen molar-refractivity contribution in [3.8, 4) is 11.4 Å². The van der Waals surface area contributed by atoms with Gasteiger partial charge in [0.05, 0.1) is 12.8 Å². The summed E-state index contributed by atoms with van der Waals surface area (Å²) in [5.74, 6) is 0.150. The number of rotatable bonds is 7. The molecular formula is C19H20N4O4S. The minimum Gasteiger partial charge on any atom is -0.345 e. The molecule has 1 amide bonds. The molecule has 0 fully saturated rings. The van der Waals surface area contributed by atoms with E-state index in [0.717, 1.165) is 16.1 Å². The first kappa shape index (κ1) is 19.7. The van der Waals surface area contributed by atoms with Gasteiger partial charge in [-0.25, -0.2) is 8.42 Å². The van der Waals surface area contributed by atoms with Crippen molar-refractivity contribution in [2.75, 3.05) is 13.3 Å². The second kappa shape index (κ2) is 8.32. The molecule has 0 saturated carbocycles. The van der Waals surface area contributed by atoms with Crippen molar-refractivity contribution >= 4 is 15.9 Å². The van der Waals surface area contributed by atoms with Crippen molar-refractivity contribution < 1.29 is 17.7 Å². The number of carbonyl (C=O) groups is 1. The molecule has 3 rings (SSSR count). The molecule has 28 heavy (non-hydrogen) atoms. The average Bonchev–Trinajstić information content (AvgIpc) is 3.16. The molecule has 8 nitrogen and oxygen atoms in total. The molecule has 0 aliphatic heterocycles. The number of carbonyl (C=O) groups excluding carboxylic acids is 1. The van der Waals surface area contributed by atoms with Crippen LogP contribution in [0.2, 0.25) is 0 Å². The maximum atomic E-state index is 12.8. The summed E-state index contributed by atoms with van der Waals surface area (Å²) < 4.78 is 30.2. The minimum absolute atomic E-state index is 0.0143. The van der Waals surface area contributed by atoms with Crippen LogP contribution < -0.4 is 5.32 Å². The molecule has 0 aliphatic carbocycles. The van der Waals surface area contributed by atoms with Crippen molar-refractivity contribution in [2.24, 2.45) is 0 Å². The Morgan fingerprint density at radius 3 is 2.32 bits per heavy atom. The Hall–Kier alpha value is -3.04. The van der Waals surface area contributed by atoms with Crippen LogP contribution in [0.15, 0.2) is 65.2 Å². The number of aromatic nitrogens is 2. The Bertz CT molecular complexity index is 1040. The van der Waals surface area contributed by atoms with E-state index in [9.17, 15) is 13.2 Å². The molecule has 146 valence electrons. The van der Waals surface area contributed by atoms with Crippen LogP contribution in [0, 0.1) is 0 Å². The molecule has 0 bridgehead atoms. The van der Waals surface area contributed by atoms with Gasteiger partial charge in [-0.1, -0.05) is 65.8 Å². The predicted octanol–water partition coefficient (Wildman–Crippen LogP) is 1.99. The standard InChI is InChI=1S/C19H20N4O4S/c1-23(28(2,25)26)17(14-9-5-3-6-10-14)19(24)20-13-16-21-18(22-27-16)15-11-7-4-8-12-15/h3-12,17H,13H2,1-2H3,(H,20,24)/t17-/m0/s1. The molecule has 1 atom stereocenters. The van der Waals surface area contributed by atoms with Crippen LogP contribution in [0.5, 0.6) is 0 Å². The number of amides is 1. The second-order valence-corrected chi connectivity index (χ2v) is 8.23. The lowest BCUT2D eigenvalue weighted by Crippen LogP contribution is -2.41. The van der Waals surface area contributed by atoms with Gasteiger partial charge in [0, 0.05) is 12.6 Å². The van der Waals surface area contributed by atoms with Gasteiger partial charge in [0.2, 0.25) is 27.6 Å². The zero-order valence-corrected chi connectivity index (χ0v) is 16.3. The van der Waals surface area contributed by atoms with E-state index < -0.39 is 22.0 Å². The Labute approximate surface area is 163 Å². The number of likely N-dealkylation sites (N-methyl/N-ethyl adjacent to an activating group) is 1. The number of hydrogen-bond acceptors (Lipinski definition) is 6. The van der Waals surface area contributed by atoms with Crippen molar-refractivity contribution in [1.29, 1.82) is 0 Å². The first-order chi connectivity index (χ1) is 13.4. The third kappa shape index (κ3) is 4.62. The third-order valence-corrected chi connectivity index (χ3v) is 5.42. The fraction of sp³-hybridized carbons (Fsp3) is 0.211. The summed E-state index contributed by atoms with van der Waals surface area (Å²) in [6.45, 7) is -0.0143. The molecule has 1 aromatic heterocycles. The van der Waals surface area contributed by atoms with E-state index >= 15 is 0 Å². The van der Waals surface area contributed by atoms with E-state index in [0.29, 0.717) is 11.4 Å². The van der Waals surface area contributed by atoms with Gasteiger partial charge in [0.15, 0.2) is 0 Å². The van der Waals surface area contributed by atoms with Gasteiger partial charge in [-0.3, -0.25) is 4.79 Å². The second-order valence-electron chi connectivity index (χ2n) is 6.19. The van der Waals surface area contributed by atoms with E-state index in [4.69, 9.17) is 4.52 Å². The molecule has 1 heterocycles. The van der Waals surface area contributed by atoms with Crippen LogP contribution in [0.4, 0.5) is 0 Å². The minimum atomic E-state index is -3.59. The number of sulfonamides is 1. The van der Waals surface area contributed by atoms with E-state index in [1.54, 1.807) is 30.3 Å². The van der Waals surface area contributed by atoms with Crippen LogP contribution in [-0.4, -0.2) is 42.1 Å². The van der Waals surface area contributed by atoms with Gasteiger partial charge in [-0.05, 0) is 5.56 Å². The Morgan fingerprint density at radius 2 is 1.71 bits per heavy atom. The summed E-state index contributed by atoms with van der Waals surface area (Å²) >= 11 is 0. The highest BCUT2D eigenvalue weighted by atomic mass is 32.2. The van der Waals surface area contributed by atoms with Gasteiger partial charge in [0.25, 0.3) is 0 Å². The zero-order valence-electron chi connectivity index (χ0n) is 15.4. The van der Waals surface area contributed by atoms with Crippen molar-refractivity contribution in [2.45, 2.75) is 12.6 Å². The summed E-state index contributed by atoms with van der Waals surface area (Å²) in [6.07, 6.45) is 1.06. The van der Waals surface area contributed by atoms with Crippen LogP contribution in [0.1, 0.15) is 17.5 Å². The maximum absolute atomic E-state index is 12.8. The summed E-state index contributed by atoms with van der Waals surface area (Å²) in [4.78, 5) is 17.0. The molecule has 0 radical (unpaired) electrons. The Balaban J connectivity index is 1.75. The smallest absolute Gasteiger partial charge is 0.246 e. The lowest BCUT2D eigenvalue weighted by atomic mass is 10.1. The van der Waals surface area contributed by atoms with Crippen molar-refractivity contribution in [1.82, 2.24) is 19.8 Å². The fourth-order valence-corrected chi connectivity index (χ4v) is 3.24. The SMILES string of the molecule is CN([C@H](C(=O)NCc1nc(-c2ccccc2)no1)c1ccccc1)S(C)(=O)=O. The van der Waals surface area contributed by atoms with Crippen LogP contribution in [0.25, 0.3) is 11.4 Å². The number of nitrogens with one attached hydrogen (secondary N) is 1. The molecule has 9 heteroatoms. The van der Waals surface area contributed by atoms with Crippen molar-refractivity contribution in [3.05, 3.63) is 72.1 Å². The number of nitrogens with zero attached hydrogens (tertiary/aromatic N) is 3. The summed E-state index contributed by atoms with van der Waals surface area (Å²) in [5, 5.41) is 6.57. The normalized spacial score (nSPS) is 12.7. The Morgan fingerprint density at radius 1 is 1.11 bits per heavy atom. The molecule has 3 aromatic rings. The van der Waals surface area contributed by atoms with Gasteiger partial charge in [-0.15, -0.1) is 0 Å². The fourth-order valence-electron chi connectivity index (χ4n) is 2.64. The number of hydrogen-bond donors (Lipinski definition) is 1. The van der Waals surface area contributed by atoms with E-state index in [2.05, 4.69) is 15.5 Å².